The number of ketones is 1. The predicted octanol–water partition coefficient (Wildman–Crippen LogP) is 5.76. The fourth-order valence-electron chi connectivity index (χ4n) is 2.88. The third-order valence-electron chi connectivity index (χ3n) is 4.91. The van der Waals surface area contributed by atoms with E-state index in [2.05, 4.69) is 79.1 Å². The van der Waals surface area contributed by atoms with Gasteiger partial charge < -0.3 is 16.0 Å². The summed E-state index contributed by atoms with van der Waals surface area (Å²) >= 11 is 0. The first kappa shape index (κ1) is 31.9. The number of rotatable bonds is 20. The molecule has 6 heteroatoms. The maximum atomic E-state index is 11.8. The van der Waals surface area contributed by atoms with E-state index >= 15 is 0 Å². The van der Waals surface area contributed by atoms with Crippen molar-refractivity contribution in [2.24, 2.45) is 5.73 Å². The van der Waals surface area contributed by atoms with Gasteiger partial charge in [-0.15, -0.1) is 0 Å². The Balaban J connectivity index is 3.65. The topological polar surface area (TPSA) is 99.3 Å². The van der Waals surface area contributed by atoms with Crippen LogP contribution in [0.25, 0.3) is 0 Å². The van der Waals surface area contributed by atoms with Crippen LogP contribution in [-0.2, 0) is 9.59 Å². The molecular formula is C29H46N4O2. The maximum Gasteiger partial charge on any atom is 0.220 e. The third-order valence-corrected chi connectivity index (χ3v) is 4.91. The lowest BCUT2D eigenvalue weighted by Crippen LogP contribution is -2.37. The van der Waals surface area contributed by atoms with Gasteiger partial charge in [0.05, 0.1) is 6.54 Å². The molecule has 0 bridgehead atoms. The van der Waals surface area contributed by atoms with E-state index in [-0.39, 0.29) is 24.2 Å². The van der Waals surface area contributed by atoms with Crippen LogP contribution in [-0.4, -0.2) is 42.7 Å². The number of nitrogens with zero attached hydrogens (tertiary/aromatic N) is 1. The van der Waals surface area contributed by atoms with Gasteiger partial charge in [0, 0.05) is 26.4 Å². The molecule has 4 N–H and O–H groups in total. The number of amides is 1. The first-order valence-electron chi connectivity index (χ1n) is 12.7. The molecule has 0 radical (unpaired) electrons. The molecule has 0 aromatic carbocycles. The molecule has 0 fully saturated rings. The molecule has 35 heavy (non-hydrogen) atoms. The Hall–Kier alpha value is -3.15. The highest BCUT2D eigenvalue weighted by molar-refractivity contribution is 5.85. The Morgan fingerprint density at radius 1 is 0.771 bits per heavy atom. The third kappa shape index (κ3) is 23.8. The van der Waals surface area contributed by atoms with Crippen LogP contribution in [0.15, 0.2) is 72.9 Å². The normalized spacial score (nSPS) is 12.3. The molecule has 0 heterocycles. The minimum absolute atomic E-state index is 0.00201. The van der Waals surface area contributed by atoms with Gasteiger partial charge in [0.25, 0.3) is 0 Å². The van der Waals surface area contributed by atoms with E-state index in [4.69, 9.17) is 11.1 Å². The van der Waals surface area contributed by atoms with E-state index in [1.807, 2.05) is 6.08 Å². The first-order chi connectivity index (χ1) is 17.0. The molecule has 194 valence electrons. The van der Waals surface area contributed by atoms with Crippen molar-refractivity contribution in [3.05, 3.63) is 72.9 Å². The smallest absolute Gasteiger partial charge is 0.220 e. The van der Waals surface area contributed by atoms with Crippen molar-refractivity contribution in [1.82, 2.24) is 10.2 Å². The zero-order valence-corrected chi connectivity index (χ0v) is 21.8. The van der Waals surface area contributed by atoms with Gasteiger partial charge in [-0.3, -0.25) is 15.0 Å². The lowest BCUT2D eigenvalue weighted by Gasteiger charge is -2.15. The molecule has 0 spiro atoms. The van der Waals surface area contributed by atoms with Crippen LogP contribution < -0.4 is 11.1 Å². The van der Waals surface area contributed by atoms with E-state index < -0.39 is 0 Å². The van der Waals surface area contributed by atoms with E-state index in [1.54, 1.807) is 7.05 Å². The number of Topliss-reactive ketones (excluding diaryl/α,β-unsaturated/α-hetero) is 1. The second-order valence-electron chi connectivity index (χ2n) is 8.19. The van der Waals surface area contributed by atoms with Crippen molar-refractivity contribution in [2.75, 3.05) is 20.1 Å². The maximum absolute atomic E-state index is 11.8. The predicted molar refractivity (Wildman–Crippen MR) is 149 cm³/mol. The Morgan fingerprint density at radius 2 is 1.23 bits per heavy atom. The Morgan fingerprint density at radius 3 is 1.69 bits per heavy atom. The number of carbonyl (C=O) groups excluding carboxylic acids is 2. The van der Waals surface area contributed by atoms with E-state index in [0.717, 1.165) is 38.5 Å². The van der Waals surface area contributed by atoms with Crippen LogP contribution in [0.5, 0.6) is 0 Å². The van der Waals surface area contributed by atoms with Gasteiger partial charge in [-0.05, 0) is 51.4 Å². The molecule has 0 atom stereocenters. The largest absolute Gasteiger partial charge is 0.370 e. The van der Waals surface area contributed by atoms with Crippen molar-refractivity contribution in [2.45, 2.75) is 71.1 Å². The second kappa shape index (κ2) is 24.0. The Labute approximate surface area is 212 Å². The van der Waals surface area contributed by atoms with Crippen molar-refractivity contribution >= 4 is 17.6 Å². The lowest BCUT2D eigenvalue weighted by atomic mass is 10.2. The number of likely N-dealkylation sites (N-methyl/N-ethyl adjacent to an activating group) is 1. The summed E-state index contributed by atoms with van der Waals surface area (Å²) in [6.07, 6.45) is 33.9. The van der Waals surface area contributed by atoms with Crippen LogP contribution in [0.1, 0.15) is 71.1 Å². The summed E-state index contributed by atoms with van der Waals surface area (Å²) < 4.78 is 0. The van der Waals surface area contributed by atoms with Gasteiger partial charge in [0.2, 0.25) is 5.91 Å². The van der Waals surface area contributed by atoms with Crippen molar-refractivity contribution in [1.29, 1.82) is 5.41 Å². The Kier molecular flexibility index (Phi) is 21.8. The van der Waals surface area contributed by atoms with Crippen LogP contribution in [0.3, 0.4) is 0 Å². The number of carbonyl (C=O) groups is 2. The highest BCUT2D eigenvalue weighted by Crippen LogP contribution is 1.98. The highest BCUT2D eigenvalue weighted by atomic mass is 16.1. The van der Waals surface area contributed by atoms with Crippen molar-refractivity contribution in [3.63, 3.8) is 0 Å². The average molecular weight is 483 g/mol. The molecule has 0 saturated carbocycles. The number of nitrogens with one attached hydrogen (secondary N) is 2. The number of allylic oxidation sites excluding steroid dienone is 12. The molecule has 0 aliphatic rings. The minimum Gasteiger partial charge on any atom is -0.370 e. The quantitative estimate of drug-likeness (QED) is 0.0889. The molecule has 0 unspecified atom stereocenters. The Bertz CT molecular complexity index is 761. The molecule has 1 amide bonds. The molecule has 0 rings (SSSR count). The molecule has 0 aliphatic heterocycles. The lowest BCUT2D eigenvalue weighted by molar-refractivity contribution is -0.122. The van der Waals surface area contributed by atoms with Crippen LogP contribution >= 0.6 is 0 Å². The number of hydrogen-bond acceptors (Lipinski definition) is 3. The highest BCUT2D eigenvalue weighted by Gasteiger charge is 2.07. The van der Waals surface area contributed by atoms with Gasteiger partial charge in [-0.2, -0.15) is 0 Å². The number of nitrogens with two attached hydrogens (primary N) is 1. The van der Waals surface area contributed by atoms with Gasteiger partial charge in [0.15, 0.2) is 11.7 Å². The molecule has 0 aromatic heterocycles. The van der Waals surface area contributed by atoms with E-state index in [1.165, 1.54) is 4.90 Å². The molecule has 0 aliphatic carbocycles. The monoisotopic (exact) mass is 482 g/mol. The first-order valence-corrected chi connectivity index (χ1v) is 12.7. The molecular weight excluding hydrogens is 436 g/mol. The summed E-state index contributed by atoms with van der Waals surface area (Å²) in [5.74, 6) is -0.117. The summed E-state index contributed by atoms with van der Waals surface area (Å²) in [7, 11) is 1.61. The van der Waals surface area contributed by atoms with Crippen LogP contribution in [0.4, 0.5) is 0 Å². The van der Waals surface area contributed by atoms with E-state index in [9.17, 15) is 9.59 Å². The summed E-state index contributed by atoms with van der Waals surface area (Å²) in [5, 5.41) is 10.1. The van der Waals surface area contributed by atoms with Crippen molar-refractivity contribution in [3.8, 4) is 0 Å². The van der Waals surface area contributed by atoms with Crippen molar-refractivity contribution < 1.29 is 9.59 Å². The fourth-order valence-corrected chi connectivity index (χ4v) is 2.88. The second-order valence-corrected chi connectivity index (χ2v) is 8.19. The van der Waals surface area contributed by atoms with Gasteiger partial charge >= 0.3 is 0 Å². The summed E-state index contributed by atoms with van der Waals surface area (Å²) in [6, 6.07) is 0. The van der Waals surface area contributed by atoms with Crippen LogP contribution in [0, 0.1) is 5.41 Å². The number of guanidine groups is 1. The minimum atomic E-state index is -0.124. The fraction of sp³-hybridized carbons (Fsp3) is 0.483. The molecule has 6 nitrogen and oxygen atoms in total. The zero-order valence-electron chi connectivity index (χ0n) is 21.8. The van der Waals surface area contributed by atoms with Gasteiger partial charge in [0.1, 0.15) is 0 Å². The van der Waals surface area contributed by atoms with Gasteiger partial charge in [-0.1, -0.05) is 79.8 Å². The average Bonchev–Trinajstić information content (AvgIpc) is 2.83. The molecule has 0 saturated heterocycles. The standard InChI is InChI=1S/C29H46N4O2/c1-3-4-5-6-7-8-9-10-11-12-13-14-15-16-17-18-19-20-21-24-28(35)32-25-22-23-27(34)26-33(2)29(30)31/h4-5,7-8,10-11,13-14,16-17,19-20H,3,6,9,12,15,18,21-26H2,1-2H3,(H3,30,31)(H,32,35)/b5-4-,8-7-,11-10-,14-13-,17-16-,20-19-. The number of hydrogen-bond donors (Lipinski definition) is 3. The van der Waals surface area contributed by atoms with Gasteiger partial charge in [-0.25, -0.2) is 0 Å². The SMILES string of the molecule is CC/C=C\C/C=C\C/C=C\C/C=C\C/C=C\C/C=C\CCC(=O)NCCCC(=O)CN(C)C(=N)N. The molecule has 0 aromatic rings. The van der Waals surface area contributed by atoms with Crippen LogP contribution in [0.2, 0.25) is 0 Å². The summed E-state index contributed by atoms with van der Waals surface area (Å²) in [5.41, 5.74) is 5.30. The zero-order chi connectivity index (χ0) is 26.0. The summed E-state index contributed by atoms with van der Waals surface area (Å²) in [4.78, 5) is 25.0. The van der Waals surface area contributed by atoms with E-state index in [0.29, 0.717) is 32.2 Å². The summed E-state index contributed by atoms with van der Waals surface area (Å²) in [6.45, 7) is 2.76.